The standard InChI is InChI=1S/C22H28N2O3S/c1-17-12-18(2)15-24(14-17)28(26,27)21-11-7-10-20(13-21)22(25)23(3)16-19-8-5-4-6-9-19/h4-11,13,17-18H,12,14-16H2,1-3H3. The molecule has 1 saturated heterocycles. The quantitative estimate of drug-likeness (QED) is 0.770. The van der Waals surface area contributed by atoms with Crippen LogP contribution in [0.3, 0.4) is 0 Å². The Morgan fingerprint density at radius 1 is 1.04 bits per heavy atom. The predicted molar refractivity (Wildman–Crippen MR) is 110 cm³/mol. The molecule has 1 aliphatic rings. The van der Waals surface area contributed by atoms with Crippen LogP contribution in [0.15, 0.2) is 59.5 Å². The molecule has 2 unspecified atom stereocenters. The smallest absolute Gasteiger partial charge is 0.253 e. The Kier molecular flexibility index (Phi) is 6.20. The number of nitrogens with zero attached hydrogens (tertiary/aromatic N) is 2. The Hall–Kier alpha value is -2.18. The third-order valence-electron chi connectivity index (χ3n) is 5.16. The second-order valence-electron chi connectivity index (χ2n) is 7.94. The van der Waals surface area contributed by atoms with Crippen LogP contribution < -0.4 is 0 Å². The van der Waals surface area contributed by atoms with Crippen molar-refractivity contribution in [2.75, 3.05) is 20.1 Å². The first-order valence-corrected chi connectivity index (χ1v) is 11.1. The van der Waals surface area contributed by atoms with Crippen LogP contribution in [-0.4, -0.2) is 43.7 Å². The van der Waals surface area contributed by atoms with E-state index in [0.29, 0.717) is 37.0 Å². The molecule has 1 heterocycles. The predicted octanol–water partition coefficient (Wildman–Crippen LogP) is 3.63. The highest BCUT2D eigenvalue weighted by molar-refractivity contribution is 7.89. The third-order valence-corrected chi connectivity index (χ3v) is 6.99. The van der Waals surface area contributed by atoms with Crippen molar-refractivity contribution in [3.8, 4) is 0 Å². The minimum Gasteiger partial charge on any atom is -0.337 e. The molecule has 6 heteroatoms. The fourth-order valence-electron chi connectivity index (χ4n) is 3.89. The van der Waals surface area contributed by atoms with Crippen LogP contribution in [0.4, 0.5) is 0 Å². The van der Waals surface area contributed by atoms with Gasteiger partial charge in [-0.05, 0) is 42.0 Å². The number of carbonyl (C=O) groups is 1. The van der Waals surface area contributed by atoms with Gasteiger partial charge in [-0.2, -0.15) is 4.31 Å². The van der Waals surface area contributed by atoms with Gasteiger partial charge in [0.1, 0.15) is 0 Å². The van der Waals surface area contributed by atoms with Crippen molar-refractivity contribution in [2.24, 2.45) is 11.8 Å². The van der Waals surface area contributed by atoms with E-state index in [1.54, 1.807) is 34.5 Å². The molecule has 0 spiro atoms. The van der Waals surface area contributed by atoms with Crippen LogP contribution in [-0.2, 0) is 16.6 Å². The molecule has 1 amide bonds. The van der Waals surface area contributed by atoms with Crippen LogP contribution in [0.2, 0.25) is 0 Å². The summed E-state index contributed by atoms with van der Waals surface area (Å²) in [7, 11) is -1.88. The van der Waals surface area contributed by atoms with Crippen LogP contribution in [0.5, 0.6) is 0 Å². The molecule has 0 aliphatic carbocycles. The van der Waals surface area contributed by atoms with Gasteiger partial charge in [-0.3, -0.25) is 4.79 Å². The van der Waals surface area contributed by atoms with Gasteiger partial charge in [-0.15, -0.1) is 0 Å². The summed E-state index contributed by atoms with van der Waals surface area (Å²) >= 11 is 0. The third kappa shape index (κ3) is 4.62. The second-order valence-corrected chi connectivity index (χ2v) is 9.88. The van der Waals surface area contributed by atoms with Crippen LogP contribution >= 0.6 is 0 Å². The maximum atomic E-state index is 13.1. The second kappa shape index (κ2) is 8.45. The van der Waals surface area contributed by atoms with E-state index in [4.69, 9.17) is 0 Å². The molecule has 150 valence electrons. The van der Waals surface area contributed by atoms with Crippen molar-refractivity contribution in [3.05, 3.63) is 65.7 Å². The summed E-state index contributed by atoms with van der Waals surface area (Å²) in [6.45, 7) is 5.68. The van der Waals surface area contributed by atoms with Crippen molar-refractivity contribution in [1.82, 2.24) is 9.21 Å². The van der Waals surface area contributed by atoms with E-state index in [0.717, 1.165) is 12.0 Å². The lowest BCUT2D eigenvalue weighted by Gasteiger charge is -2.34. The summed E-state index contributed by atoms with van der Waals surface area (Å²) in [5.74, 6) is 0.474. The maximum Gasteiger partial charge on any atom is 0.253 e. The van der Waals surface area contributed by atoms with Crippen molar-refractivity contribution >= 4 is 15.9 Å². The minimum atomic E-state index is -3.61. The fourth-order valence-corrected chi connectivity index (χ4v) is 5.62. The number of sulfonamides is 1. The SMILES string of the molecule is CC1CC(C)CN(S(=O)(=O)c2cccc(C(=O)N(C)Cc3ccccc3)c2)C1. The zero-order chi connectivity index (χ0) is 20.3. The fraction of sp³-hybridized carbons (Fsp3) is 0.409. The van der Waals surface area contributed by atoms with Gasteiger partial charge < -0.3 is 4.90 Å². The highest BCUT2D eigenvalue weighted by Crippen LogP contribution is 2.27. The van der Waals surface area contributed by atoms with Gasteiger partial charge in [0.2, 0.25) is 10.0 Å². The van der Waals surface area contributed by atoms with Crippen molar-refractivity contribution < 1.29 is 13.2 Å². The molecule has 0 N–H and O–H groups in total. The van der Waals surface area contributed by atoms with E-state index >= 15 is 0 Å². The summed E-state index contributed by atoms with van der Waals surface area (Å²) in [6, 6.07) is 16.1. The molecule has 2 aromatic rings. The summed E-state index contributed by atoms with van der Waals surface area (Å²) in [5.41, 5.74) is 1.41. The minimum absolute atomic E-state index is 0.188. The van der Waals surface area contributed by atoms with E-state index in [1.807, 2.05) is 30.3 Å². The van der Waals surface area contributed by atoms with Crippen molar-refractivity contribution in [2.45, 2.75) is 31.7 Å². The molecule has 0 aromatic heterocycles. The van der Waals surface area contributed by atoms with Gasteiger partial charge in [0.25, 0.3) is 5.91 Å². The first kappa shape index (κ1) is 20.6. The zero-order valence-corrected chi connectivity index (χ0v) is 17.5. The number of rotatable bonds is 5. The molecule has 1 aliphatic heterocycles. The molecule has 2 aromatic carbocycles. The Morgan fingerprint density at radius 3 is 2.32 bits per heavy atom. The van der Waals surface area contributed by atoms with E-state index in [-0.39, 0.29) is 10.8 Å². The van der Waals surface area contributed by atoms with Gasteiger partial charge in [0, 0.05) is 32.2 Å². The van der Waals surface area contributed by atoms with Gasteiger partial charge in [0.15, 0.2) is 0 Å². The van der Waals surface area contributed by atoms with Crippen LogP contribution in [0.25, 0.3) is 0 Å². The molecule has 0 bridgehead atoms. The average molecular weight is 401 g/mol. The van der Waals surface area contributed by atoms with E-state index in [2.05, 4.69) is 13.8 Å². The lowest BCUT2D eigenvalue weighted by atomic mass is 9.94. The van der Waals surface area contributed by atoms with Gasteiger partial charge in [-0.1, -0.05) is 50.2 Å². The summed E-state index contributed by atoms with van der Waals surface area (Å²) in [4.78, 5) is 14.6. The normalized spacial score (nSPS) is 20.7. The number of piperidine rings is 1. The highest BCUT2D eigenvalue weighted by atomic mass is 32.2. The van der Waals surface area contributed by atoms with Crippen molar-refractivity contribution in [3.63, 3.8) is 0 Å². The lowest BCUT2D eigenvalue weighted by Crippen LogP contribution is -2.42. The summed E-state index contributed by atoms with van der Waals surface area (Å²) in [6.07, 6.45) is 1.04. The first-order valence-electron chi connectivity index (χ1n) is 9.67. The molecule has 0 radical (unpaired) electrons. The zero-order valence-electron chi connectivity index (χ0n) is 16.7. The molecule has 3 rings (SSSR count). The molecular weight excluding hydrogens is 372 g/mol. The van der Waals surface area contributed by atoms with Gasteiger partial charge in [0.05, 0.1) is 4.90 Å². The first-order chi connectivity index (χ1) is 13.3. The Labute approximate surface area is 168 Å². The molecule has 5 nitrogen and oxygen atoms in total. The van der Waals surface area contributed by atoms with E-state index in [9.17, 15) is 13.2 Å². The number of carbonyl (C=O) groups excluding carboxylic acids is 1. The molecule has 28 heavy (non-hydrogen) atoms. The number of hydrogen-bond donors (Lipinski definition) is 0. The van der Waals surface area contributed by atoms with E-state index < -0.39 is 10.0 Å². The van der Waals surface area contributed by atoms with E-state index in [1.165, 1.54) is 6.07 Å². The van der Waals surface area contributed by atoms with Gasteiger partial charge in [-0.25, -0.2) is 8.42 Å². The molecule has 2 atom stereocenters. The van der Waals surface area contributed by atoms with Crippen LogP contribution in [0, 0.1) is 11.8 Å². The van der Waals surface area contributed by atoms with Gasteiger partial charge >= 0.3 is 0 Å². The summed E-state index contributed by atoms with van der Waals surface area (Å²) < 4.78 is 27.8. The monoisotopic (exact) mass is 400 g/mol. The molecule has 0 saturated carbocycles. The average Bonchev–Trinajstić information content (AvgIpc) is 2.67. The maximum absolute atomic E-state index is 13.1. The molecule has 1 fully saturated rings. The number of benzene rings is 2. The topological polar surface area (TPSA) is 57.7 Å². The van der Waals surface area contributed by atoms with Crippen molar-refractivity contribution in [1.29, 1.82) is 0 Å². The van der Waals surface area contributed by atoms with Crippen LogP contribution in [0.1, 0.15) is 36.2 Å². The Morgan fingerprint density at radius 2 is 1.68 bits per heavy atom. The number of amides is 1. The lowest BCUT2D eigenvalue weighted by molar-refractivity contribution is 0.0785. The largest absolute Gasteiger partial charge is 0.337 e. The number of hydrogen-bond acceptors (Lipinski definition) is 3. The summed E-state index contributed by atoms with van der Waals surface area (Å²) in [5, 5.41) is 0. The Balaban J connectivity index is 1.80. The highest BCUT2D eigenvalue weighted by Gasteiger charge is 2.32. The molecular formula is C22H28N2O3S. The Bertz CT molecular complexity index is 918.